The maximum Gasteiger partial charge on any atom is 0.319 e. The van der Waals surface area contributed by atoms with Gasteiger partial charge in [-0.1, -0.05) is 24.3 Å². The molecule has 3 aromatic carbocycles. The highest BCUT2D eigenvalue weighted by Gasteiger charge is 2.48. The van der Waals surface area contributed by atoms with Crippen molar-refractivity contribution in [2.24, 2.45) is 0 Å². The van der Waals surface area contributed by atoms with E-state index in [0.29, 0.717) is 66.4 Å². The minimum atomic E-state index is -0.691. The number of urea groups is 1. The third kappa shape index (κ3) is 8.01. The molecule has 5 aliphatic heterocycles. The number of phenols is 1. The van der Waals surface area contributed by atoms with Crippen molar-refractivity contribution in [3.05, 3.63) is 72.8 Å². The van der Waals surface area contributed by atoms with Crippen molar-refractivity contribution in [2.45, 2.75) is 80.6 Å². The van der Waals surface area contributed by atoms with E-state index in [4.69, 9.17) is 15.2 Å². The molecule has 4 saturated heterocycles. The van der Waals surface area contributed by atoms with Gasteiger partial charge in [0.15, 0.2) is 11.6 Å². The third-order valence-electron chi connectivity index (χ3n) is 15.1. The van der Waals surface area contributed by atoms with Gasteiger partial charge in [-0.05, 0) is 81.0 Å². The molecule has 1 atom stereocenters. The Morgan fingerprint density at radius 2 is 1.63 bits per heavy atom. The average Bonchev–Trinajstić information content (AvgIpc) is 3.32. The van der Waals surface area contributed by atoms with E-state index < -0.39 is 5.16 Å². The first-order chi connectivity index (χ1) is 31.5. The molecule has 1 spiro atoms. The molecule has 10 rings (SSSR count). The van der Waals surface area contributed by atoms with Gasteiger partial charge in [-0.3, -0.25) is 14.9 Å². The van der Waals surface area contributed by atoms with E-state index in [0.717, 1.165) is 105 Å². The van der Waals surface area contributed by atoms with Crippen LogP contribution in [0.25, 0.3) is 11.3 Å². The summed E-state index contributed by atoms with van der Waals surface area (Å²) in [5, 5.41) is 21.0. The number of benzene rings is 3. The average molecular weight is 901 g/mol. The van der Waals surface area contributed by atoms with Crippen molar-refractivity contribution in [2.75, 3.05) is 91.3 Å². The molecule has 17 heteroatoms. The fourth-order valence-electron chi connectivity index (χ4n) is 11.1. The number of nitrogens with one attached hydrogen (secondary N) is 1. The quantitative estimate of drug-likeness (QED) is 0.172. The Labute approximate surface area is 383 Å². The van der Waals surface area contributed by atoms with Crippen LogP contribution in [0, 0.1) is 0 Å². The number of imide groups is 1. The van der Waals surface area contributed by atoms with Gasteiger partial charge in [0.1, 0.15) is 24.2 Å². The number of ether oxygens (including phenoxy) is 2. The molecule has 5 fully saturated rings. The van der Waals surface area contributed by atoms with Gasteiger partial charge in [0.2, 0.25) is 11.8 Å². The van der Waals surface area contributed by atoms with Crippen molar-refractivity contribution < 1.29 is 29.0 Å². The van der Waals surface area contributed by atoms with Gasteiger partial charge in [0.05, 0.1) is 40.0 Å². The molecule has 0 unspecified atom stereocenters. The van der Waals surface area contributed by atoms with E-state index in [-0.39, 0.29) is 41.3 Å². The maximum atomic E-state index is 13.9. The van der Waals surface area contributed by atoms with Crippen molar-refractivity contribution in [3.63, 3.8) is 0 Å². The zero-order valence-electron chi connectivity index (χ0n) is 37.5. The van der Waals surface area contributed by atoms with E-state index in [1.54, 1.807) is 12.1 Å². The summed E-state index contributed by atoms with van der Waals surface area (Å²) >= 11 is 0. The number of rotatable bonds is 8. The summed E-state index contributed by atoms with van der Waals surface area (Å²) in [6, 6.07) is 23.9. The Kier molecular flexibility index (Phi) is 11.4. The van der Waals surface area contributed by atoms with E-state index in [9.17, 15) is 19.5 Å². The largest absolute Gasteiger partial charge is 0.507 e. The molecule has 342 valence electrons. The third-order valence-corrected chi connectivity index (χ3v) is 16.6. The number of anilines is 5. The summed E-state index contributed by atoms with van der Waals surface area (Å²) in [6.07, 6.45) is 7.43. The summed E-state index contributed by atoms with van der Waals surface area (Å²) in [7, 11) is 2.53. The molecule has 1 aliphatic carbocycles. The molecule has 4 aromatic rings. The number of nitrogens with zero attached hydrogens (tertiary/aromatic N) is 8. The highest BCUT2D eigenvalue weighted by molar-refractivity contribution is 6.33. The highest BCUT2D eigenvalue weighted by atomic mass is 28.1. The number of hydrogen-bond donors (Lipinski definition) is 3. The minimum absolute atomic E-state index is 0.0210. The summed E-state index contributed by atoms with van der Waals surface area (Å²) < 4.78 is 12.9. The number of likely N-dealkylation sites (tertiary alicyclic amines) is 1. The van der Waals surface area contributed by atoms with Gasteiger partial charge < -0.3 is 49.7 Å². The number of para-hydroxylation sites is 2. The topological polar surface area (TPSA) is 173 Å². The van der Waals surface area contributed by atoms with Crippen LogP contribution in [-0.2, 0) is 9.59 Å². The number of aromatic hydroxyl groups is 1. The van der Waals surface area contributed by atoms with Gasteiger partial charge in [-0.25, -0.2) is 4.79 Å². The lowest BCUT2D eigenvalue weighted by Gasteiger charge is -2.57. The molecule has 1 aromatic heterocycles. The molecule has 16 nitrogen and oxygen atoms in total. The zero-order valence-corrected chi connectivity index (χ0v) is 39.5. The first-order valence-corrected chi connectivity index (χ1v) is 24.3. The molecule has 4 amide bonds. The van der Waals surface area contributed by atoms with Crippen LogP contribution < -0.4 is 40.1 Å². The second kappa shape index (κ2) is 17.3. The van der Waals surface area contributed by atoms with Crippen LogP contribution in [0.1, 0.15) is 57.8 Å². The fraction of sp³-hybridized carbons (Fsp3) is 0.479. The van der Waals surface area contributed by atoms with Gasteiger partial charge in [-0.15, -0.1) is 10.2 Å². The van der Waals surface area contributed by atoms with Gasteiger partial charge >= 0.3 is 6.03 Å². The first kappa shape index (κ1) is 42.7. The Hall–Kier alpha value is -6.23. The van der Waals surface area contributed by atoms with Gasteiger partial charge in [-0.2, -0.15) is 0 Å². The number of carbonyl (C=O) groups excluding carboxylic acids is 3. The molecule has 0 bridgehead atoms. The van der Waals surface area contributed by atoms with Crippen LogP contribution >= 0.6 is 0 Å². The van der Waals surface area contributed by atoms with Crippen molar-refractivity contribution >= 4 is 56.7 Å². The van der Waals surface area contributed by atoms with Crippen molar-refractivity contribution in [3.8, 4) is 28.5 Å². The van der Waals surface area contributed by atoms with Crippen LogP contribution in [-0.4, -0.2) is 142 Å². The van der Waals surface area contributed by atoms with E-state index >= 15 is 0 Å². The number of amides is 4. The summed E-state index contributed by atoms with van der Waals surface area (Å²) in [5.74, 6) is 1.80. The Morgan fingerprint density at radius 3 is 2.38 bits per heavy atom. The molecule has 6 heterocycles. The van der Waals surface area contributed by atoms with E-state index in [1.807, 2.05) is 53.2 Å². The fourth-order valence-corrected chi connectivity index (χ4v) is 11.9. The van der Waals surface area contributed by atoms with Crippen LogP contribution in [0.2, 0.25) is 0 Å². The molecule has 4 N–H and O–H groups in total. The standard InChI is InChI=1S/C48H60N10O6Si/c1-53(32-14-21-54(22-15-32)38-10-5-11-39-43(38)63-28-27-58(39)48(65)20-13-42(60)50-45(48)61)46(62)55-23-16-34(17-24-55)64-35-8-4-7-33(29-35)57-26-25-56(31-47(57)18-6-19-47)40-30-37(51-52-44(40)49)36-9-2-3-12-41(36)59/h2-5,7-12,29-30,32,34,59H,6,13-28,31H2,1,65H3,(H2,49,52)(H,50,60,61)/t48-/m0/s1. The first-order valence-electron chi connectivity index (χ1n) is 23.3. The summed E-state index contributed by atoms with van der Waals surface area (Å²) in [5.41, 5.74) is 11.5. The molecule has 65 heavy (non-hydrogen) atoms. The lowest BCUT2D eigenvalue weighted by atomic mass is 9.73. The Balaban J connectivity index is 0.725. The SMILES string of the molecule is CN(C(=O)N1CCC(Oc2cccc(N3CCN(c4cc(-c5ccccc5O)nnc4N)CC34CCC4)c2)CC1)C1CCN(c2cccc3c2OCCN3[C@]2([SiH3])CCC(=O)NC2=O)CC1. The number of aromatic nitrogens is 2. The number of piperazine rings is 1. The van der Waals surface area contributed by atoms with E-state index in [2.05, 4.69) is 59.4 Å². The number of phenolic OH excluding ortho intramolecular Hbond substituents is 1. The molecular weight excluding hydrogens is 841 g/mol. The molecular formula is C48H60N10O6Si. The summed E-state index contributed by atoms with van der Waals surface area (Å²) in [4.78, 5) is 52.3. The minimum Gasteiger partial charge on any atom is -0.507 e. The number of carbonyl (C=O) groups is 3. The van der Waals surface area contributed by atoms with Gasteiger partial charge in [0, 0.05) is 106 Å². The number of nitrogens with two attached hydrogens (primary N) is 1. The van der Waals surface area contributed by atoms with E-state index in [1.165, 1.54) is 6.42 Å². The van der Waals surface area contributed by atoms with Crippen LogP contribution in [0.4, 0.5) is 33.4 Å². The highest BCUT2D eigenvalue weighted by Crippen LogP contribution is 2.47. The normalized spacial score (nSPS) is 22.6. The maximum absolute atomic E-state index is 13.9. The second-order valence-corrected chi connectivity index (χ2v) is 20.5. The Morgan fingerprint density at radius 1 is 0.862 bits per heavy atom. The van der Waals surface area contributed by atoms with Gasteiger partial charge in [0.25, 0.3) is 0 Å². The number of fused-ring (bicyclic) bond motifs is 1. The lowest BCUT2D eigenvalue weighted by molar-refractivity contribution is -0.135. The Bertz CT molecular complexity index is 2460. The van der Waals surface area contributed by atoms with Crippen molar-refractivity contribution in [1.82, 2.24) is 25.3 Å². The predicted octanol–water partition coefficient (Wildman–Crippen LogP) is 3.94. The summed E-state index contributed by atoms with van der Waals surface area (Å²) in [6.45, 7) is 6.33. The number of nitrogen functional groups attached to an aromatic ring is 1. The monoisotopic (exact) mass is 900 g/mol. The lowest BCUT2D eigenvalue weighted by Crippen LogP contribution is -2.66. The second-order valence-electron chi connectivity index (χ2n) is 18.9. The van der Waals surface area contributed by atoms with Crippen LogP contribution in [0.5, 0.6) is 17.2 Å². The number of hydrogen-bond acceptors (Lipinski definition) is 13. The number of piperidine rings is 3. The predicted molar refractivity (Wildman–Crippen MR) is 254 cm³/mol. The van der Waals surface area contributed by atoms with Crippen LogP contribution in [0.3, 0.4) is 0 Å². The zero-order chi connectivity index (χ0) is 44.9. The van der Waals surface area contributed by atoms with Crippen molar-refractivity contribution in [1.29, 1.82) is 0 Å². The van der Waals surface area contributed by atoms with Crippen LogP contribution in [0.15, 0.2) is 72.8 Å². The smallest absolute Gasteiger partial charge is 0.319 e. The molecule has 1 saturated carbocycles. The molecule has 0 radical (unpaired) electrons. The molecule has 6 aliphatic rings.